The van der Waals surface area contributed by atoms with E-state index < -0.39 is 34.8 Å². The van der Waals surface area contributed by atoms with Gasteiger partial charge in [0, 0.05) is 44.0 Å². The van der Waals surface area contributed by atoms with E-state index >= 15 is 0 Å². The van der Waals surface area contributed by atoms with Crippen LogP contribution in [0.15, 0.2) is 12.5 Å². The Morgan fingerprint density at radius 2 is 1.77 bits per heavy atom. The van der Waals surface area contributed by atoms with Gasteiger partial charge < -0.3 is 19.8 Å². The van der Waals surface area contributed by atoms with E-state index in [0.29, 0.717) is 5.69 Å². The van der Waals surface area contributed by atoms with Crippen molar-refractivity contribution < 1.29 is 39.3 Å². The number of carboxylic acid groups (broad SMARTS) is 1. The fourth-order valence-corrected chi connectivity index (χ4v) is 2.85. The number of rotatable bonds is 18. The number of nitrogens with one attached hydrogen (secondary N) is 1. The van der Waals surface area contributed by atoms with E-state index in [1.54, 1.807) is 0 Å². The molecule has 1 aromatic heterocycles. The third-order valence-corrected chi connectivity index (χ3v) is 4.34. The summed E-state index contributed by atoms with van der Waals surface area (Å²) in [4.78, 5) is 70.8. The molecule has 0 saturated carbocycles. The number of Topliss-reactive ketones (excluding diaryl/α,β-unsaturated/α-hetero) is 2. The number of imidazole rings is 1. The lowest BCUT2D eigenvalue weighted by atomic mass is 9.95. The minimum atomic E-state index is -1.17. The maximum absolute atomic E-state index is 12.1. The minimum absolute atomic E-state index is 0.00732. The zero-order valence-corrected chi connectivity index (χ0v) is 16.6. The van der Waals surface area contributed by atoms with Crippen LogP contribution in [0.3, 0.4) is 0 Å². The first-order valence-corrected chi connectivity index (χ1v) is 9.49. The first-order valence-electron chi connectivity index (χ1n) is 9.49. The van der Waals surface area contributed by atoms with Gasteiger partial charge in [-0.15, -0.1) is 20.2 Å². The molecular formula is C17H24N4O10. The van der Waals surface area contributed by atoms with Crippen molar-refractivity contribution in [2.45, 2.75) is 57.5 Å². The summed E-state index contributed by atoms with van der Waals surface area (Å²) in [5.41, 5.74) is 0.610. The molecule has 1 heterocycles. The quantitative estimate of drug-likeness (QED) is 0.244. The van der Waals surface area contributed by atoms with E-state index in [0.717, 1.165) is 0 Å². The lowest BCUT2D eigenvalue weighted by Crippen LogP contribution is -2.24. The Morgan fingerprint density at radius 1 is 1.10 bits per heavy atom. The molecule has 1 unspecified atom stereocenters. The third-order valence-electron chi connectivity index (χ3n) is 4.34. The van der Waals surface area contributed by atoms with Crippen LogP contribution in [-0.4, -0.2) is 55.5 Å². The monoisotopic (exact) mass is 444 g/mol. The molecule has 0 aliphatic rings. The highest BCUT2D eigenvalue weighted by Gasteiger charge is 2.22. The highest BCUT2D eigenvalue weighted by molar-refractivity contribution is 5.84. The topological polar surface area (TPSA) is 205 Å². The maximum atomic E-state index is 12.1. The van der Waals surface area contributed by atoms with Gasteiger partial charge in [-0.05, 0) is 19.3 Å². The largest absolute Gasteiger partial charge is 0.481 e. The Bertz CT molecular complexity index is 752. The lowest BCUT2D eigenvalue weighted by molar-refractivity contribution is -0.790. The smallest absolute Gasteiger partial charge is 0.307 e. The van der Waals surface area contributed by atoms with Gasteiger partial charge in [0.05, 0.1) is 12.2 Å². The number of nitrogens with zero attached hydrogens (tertiary/aromatic N) is 3. The van der Waals surface area contributed by atoms with Crippen molar-refractivity contribution in [1.29, 1.82) is 0 Å². The number of aliphatic carboxylic acids is 1. The fourth-order valence-electron chi connectivity index (χ4n) is 2.85. The molecule has 2 N–H and O–H groups in total. The highest BCUT2D eigenvalue weighted by atomic mass is 17.0. The van der Waals surface area contributed by atoms with Gasteiger partial charge >= 0.3 is 5.97 Å². The van der Waals surface area contributed by atoms with Gasteiger partial charge in [-0.3, -0.25) is 14.4 Å². The summed E-state index contributed by atoms with van der Waals surface area (Å²) in [6.45, 7) is -0.625. The van der Waals surface area contributed by atoms with E-state index in [4.69, 9.17) is 0 Å². The number of carbonyl (C=O) groups excluding carboxylic acids is 2. The third kappa shape index (κ3) is 11.9. The average molecular weight is 444 g/mol. The Balaban J connectivity index is 2.28. The maximum Gasteiger partial charge on any atom is 0.307 e. The minimum Gasteiger partial charge on any atom is -0.481 e. The summed E-state index contributed by atoms with van der Waals surface area (Å²) in [5.74, 6) is -2.43. The number of carboxylic acids is 1. The van der Waals surface area contributed by atoms with Gasteiger partial charge in [-0.2, -0.15) is 0 Å². The van der Waals surface area contributed by atoms with Crippen molar-refractivity contribution in [2.24, 2.45) is 5.92 Å². The summed E-state index contributed by atoms with van der Waals surface area (Å²) >= 11 is 0. The molecule has 1 rings (SSSR count). The second kappa shape index (κ2) is 13.6. The van der Waals surface area contributed by atoms with Crippen molar-refractivity contribution in [3.63, 3.8) is 0 Å². The molecule has 0 fully saturated rings. The van der Waals surface area contributed by atoms with Gasteiger partial charge in [-0.25, -0.2) is 4.98 Å². The Morgan fingerprint density at radius 3 is 2.35 bits per heavy atom. The standard InChI is InChI=1S/C17H24N4O10/c22-14(4-2-6-16(31-21(28)29)10-30-20(26)27)3-1-5-15(23)8-12(17(24)25)7-13-9-18-11-19-13/h9,11-12,16H,1-8,10H2,(H,18,19)(H,24,25)/t12?,16-/m0/s1. The number of hydrogen-bond acceptors (Lipinski definition) is 10. The number of aromatic amines is 1. The summed E-state index contributed by atoms with van der Waals surface area (Å²) in [6, 6.07) is 0. The summed E-state index contributed by atoms with van der Waals surface area (Å²) < 4.78 is 0. The summed E-state index contributed by atoms with van der Waals surface area (Å²) in [7, 11) is 0. The molecular weight excluding hydrogens is 420 g/mol. The zero-order valence-electron chi connectivity index (χ0n) is 16.6. The Kier molecular flexibility index (Phi) is 11.2. The number of aromatic nitrogens is 2. The molecule has 1 aromatic rings. The molecule has 31 heavy (non-hydrogen) atoms. The normalized spacial score (nSPS) is 12.5. The highest BCUT2D eigenvalue weighted by Crippen LogP contribution is 2.15. The van der Waals surface area contributed by atoms with Crippen molar-refractivity contribution in [1.82, 2.24) is 9.97 Å². The Labute approximate surface area is 176 Å². The zero-order chi connectivity index (χ0) is 23.2. The van der Waals surface area contributed by atoms with Gasteiger partial charge in [0.1, 0.15) is 24.3 Å². The number of carbonyl (C=O) groups is 3. The van der Waals surface area contributed by atoms with Crippen LogP contribution < -0.4 is 0 Å². The Hall–Kier alpha value is -3.58. The SMILES string of the molecule is O=C(CCCC(=O)CC(Cc1cnc[nH]1)C(=O)O)CCC[C@@H](CO[N+](=O)[O-])O[N+](=O)[O-]. The fraction of sp³-hybridized carbons (Fsp3) is 0.647. The molecule has 0 aromatic carbocycles. The van der Waals surface area contributed by atoms with Crippen LogP contribution in [0.25, 0.3) is 0 Å². The van der Waals surface area contributed by atoms with Crippen molar-refractivity contribution in [3.05, 3.63) is 38.4 Å². The van der Waals surface area contributed by atoms with Crippen LogP contribution in [0.4, 0.5) is 0 Å². The van der Waals surface area contributed by atoms with E-state index in [2.05, 4.69) is 19.6 Å². The van der Waals surface area contributed by atoms with E-state index in [-0.39, 0.29) is 62.9 Å². The van der Waals surface area contributed by atoms with E-state index in [1.807, 2.05) is 0 Å². The molecule has 0 radical (unpaired) electrons. The van der Waals surface area contributed by atoms with Crippen LogP contribution in [0.1, 0.15) is 50.6 Å². The number of hydrogen-bond donors (Lipinski definition) is 2. The van der Waals surface area contributed by atoms with Crippen molar-refractivity contribution >= 4 is 17.5 Å². The summed E-state index contributed by atoms with van der Waals surface area (Å²) in [6.07, 6.45) is 2.40. The predicted octanol–water partition coefficient (Wildman–Crippen LogP) is 1.31. The number of ketones is 2. The molecule has 0 saturated heterocycles. The molecule has 0 aliphatic heterocycles. The van der Waals surface area contributed by atoms with Crippen molar-refractivity contribution in [3.8, 4) is 0 Å². The molecule has 14 nitrogen and oxygen atoms in total. The number of H-pyrrole nitrogens is 1. The first-order chi connectivity index (χ1) is 14.7. The predicted molar refractivity (Wildman–Crippen MR) is 101 cm³/mol. The molecule has 172 valence electrons. The van der Waals surface area contributed by atoms with Gasteiger partial charge in [0.25, 0.3) is 10.2 Å². The van der Waals surface area contributed by atoms with Gasteiger partial charge in [-0.1, -0.05) is 0 Å². The van der Waals surface area contributed by atoms with Crippen molar-refractivity contribution in [2.75, 3.05) is 6.61 Å². The van der Waals surface area contributed by atoms with Gasteiger partial charge in [0.15, 0.2) is 0 Å². The molecule has 14 heteroatoms. The van der Waals surface area contributed by atoms with Crippen LogP contribution in [0.2, 0.25) is 0 Å². The second-order valence-electron chi connectivity index (χ2n) is 6.81. The lowest BCUT2D eigenvalue weighted by Gasteiger charge is -2.13. The van der Waals surface area contributed by atoms with Gasteiger partial charge in [0.2, 0.25) is 0 Å². The molecule has 0 aliphatic carbocycles. The molecule has 0 spiro atoms. The van der Waals surface area contributed by atoms with Crippen LogP contribution in [0, 0.1) is 26.1 Å². The molecule has 0 bridgehead atoms. The van der Waals surface area contributed by atoms with Crippen LogP contribution in [-0.2, 0) is 30.5 Å². The van der Waals surface area contributed by atoms with E-state index in [1.165, 1.54) is 12.5 Å². The van der Waals surface area contributed by atoms with Crippen LogP contribution in [0.5, 0.6) is 0 Å². The molecule has 2 atom stereocenters. The van der Waals surface area contributed by atoms with Crippen LogP contribution >= 0.6 is 0 Å². The average Bonchev–Trinajstić information content (AvgIpc) is 3.18. The summed E-state index contributed by atoms with van der Waals surface area (Å²) in [5, 5.41) is 27.6. The second-order valence-corrected chi connectivity index (χ2v) is 6.81. The molecule has 0 amide bonds. The van der Waals surface area contributed by atoms with E-state index in [9.17, 15) is 39.7 Å². The first kappa shape index (κ1) is 25.5.